The van der Waals surface area contributed by atoms with Gasteiger partial charge in [-0.05, 0) is 81.5 Å². The normalized spacial score (nSPS) is 16.8. The number of aryl methyl sites for hydroxylation is 1. The van der Waals surface area contributed by atoms with Crippen LogP contribution in [0.3, 0.4) is 0 Å². The monoisotopic (exact) mass is 514 g/mol. The molecule has 3 aromatic carbocycles. The fourth-order valence-electron chi connectivity index (χ4n) is 4.66. The van der Waals surface area contributed by atoms with Crippen molar-refractivity contribution in [3.05, 3.63) is 101 Å². The number of likely N-dealkylation sites (tertiary alicyclic amines) is 1. The smallest absolute Gasteiger partial charge is 0.295 e. The van der Waals surface area contributed by atoms with Crippen LogP contribution >= 0.6 is 0 Å². The highest BCUT2D eigenvalue weighted by molar-refractivity contribution is 6.46. The molecule has 7 nitrogen and oxygen atoms in total. The van der Waals surface area contributed by atoms with E-state index in [1.807, 2.05) is 56.3 Å². The van der Waals surface area contributed by atoms with Gasteiger partial charge in [-0.3, -0.25) is 9.59 Å². The third-order valence-corrected chi connectivity index (χ3v) is 6.57. The number of carbonyl (C=O) groups excluding carboxylic acids is 2. The molecule has 1 aliphatic rings. The molecule has 1 heterocycles. The summed E-state index contributed by atoms with van der Waals surface area (Å²) in [6, 6.07) is 21.5. The molecular weight excluding hydrogens is 480 g/mol. The van der Waals surface area contributed by atoms with Gasteiger partial charge >= 0.3 is 0 Å². The lowest BCUT2D eigenvalue weighted by Gasteiger charge is -2.26. The van der Waals surface area contributed by atoms with E-state index in [2.05, 4.69) is 6.07 Å². The van der Waals surface area contributed by atoms with Gasteiger partial charge in [0.2, 0.25) is 0 Å². The van der Waals surface area contributed by atoms with Crippen molar-refractivity contribution in [3.8, 4) is 11.5 Å². The van der Waals surface area contributed by atoms with Crippen LogP contribution in [0.1, 0.15) is 34.7 Å². The molecule has 1 saturated heterocycles. The van der Waals surface area contributed by atoms with Crippen molar-refractivity contribution in [3.63, 3.8) is 0 Å². The van der Waals surface area contributed by atoms with Crippen LogP contribution in [0.5, 0.6) is 11.5 Å². The number of ketones is 1. The fourth-order valence-corrected chi connectivity index (χ4v) is 4.66. The summed E-state index contributed by atoms with van der Waals surface area (Å²) in [4.78, 5) is 29.9. The van der Waals surface area contributed by atoms with Gasteiger partial charge in [-0.1, -0.05) is 42.0 Å². The first kappa shape index (κ1) is 26.9. The zero-order chi connectivity index (χ0) is 27.2. The van der Waals surface area contributed by atoms with Crippen molar-refractivity contribution in [2.75, 3.05) is 34.3 Å². The van der Waals surface area contributed by atoms with E-state index >= 15 is 0 Å². The van der Waals surface area contributed by atoms with Crippen LogP contribution in [-0.4, -0.2) is 60.9 Å². The minimum atomic E-state index is -0.718. The number of methoxy groups -OCH3 is 1. The van der Waals surface area contributed by atoms with Gasteiger partial charge in [0.25, 0.3) is 11.7 Å². The predicted octanol–water partition coefficient (Wildman–Crippen LogP) is 4.96. The van der Waals surface area contributed by atoms with Crippen molar-refractivity contribution < 1.29 is 24.2 Å². The van der Waals surface area contributed by atoms with Gasteiger partial charge in [0.15, 0.2) is 0 Å². The maximum Gasteiger partial charge on any atom is 0.295 e. The average Bonchev–Trinajstić information content (AvgIpc) is 3.17. The Balaban J connectivity index is 1.64. The highest BCUT2D eigenvalue weighted by atomic mass is 16.5. The van der Waals surface area contributed by atoms with Crippen LogP contribution in [0.25, 0.3) is 5.76 Å². The van der Waals surface area contributed by atoms with Gasteiger partial charge < -0.3 is 24.4 Å². The quantitative estimate of drug-likeness (QED) is 0.234. The van der Waals surface area contributed by atoms with Crippen molar-refractivity contribution in [1.29, 1.82) is 0 Å². The van der Waals surface area contributed by atoms with Crippen molar-refractivity contribution in [2.45, 2.75) is 26.0 Å². The minimum Gasteiger partial charge on any atom is -0.507 e. The number of hydrogen-bond acceptors (Lipinski definition) is 6. The Morgan fingerprint density at radius 3 is 2.39 bits per heavy atom. The SMILES string of the molecule is COc1cccc([C@@H]2/C(=C(\O)c3ccc(OCc4cccc(C)c4)cc3)C(=O)C(=O)N2CCCN(C)C)c1. The number of rotatable bonds is 10. The van der Waals surface area contributed by atoms with Crippen molar-refractivity contribution in [1.82, 2.24) is 9.80 Å². The van der Waals surface area contributed by atoms with Gasteiger partial charge in [0.05, 0.1) is 18.7 Å². The van der Waals surface area contributed by atoms with Gasteiger partial charge in [-0.2, -0.15) is 0 Å². The summed E-state index contributed by atoms with van der Waals surface area (Å²) in [6.45, 7) is 3.59. The molecule has 0 radical (unpaired) electrons. The highest BCUT2D eigenvalue weighted by Crippen LogP contribution is 2.40. The Hall–Kier alpha value is -4.10. The Kier molecular flexibility index (Phi) is 8.48. The van der Waals surface area contributed by atoms with E-state index < -0.39 is 17.7 Å². The molecule has 0 saturated carbocycles. The molecule has 0 aliphatic carbocycles. The summed E-state index contributed by atoms with van der Waals surface area (Å²) < 4.78 is 11.3. The third kappa shape index (κ3) is 6.06. The van der Waals surface area contributed by atoms with E-state index in [1.54, 1.807) is 48.4 Å². The topological polar surface area (TPSA) is 79.3 Å². The van der Waals surface area contributed by atoms with Gasteiger partial charge in [0.1, 0.15) is 23.9 Å². The summed E-state index contributed by atoms with van der Waals surface area (Å²) in [5.41, 5.74) is 3.43. The van der Waals surface area contributed by atoms with Crippen LogP contribution < -0.4 is 9.47 Å². The van der Waals surface area contributed by atoms with Crippen LogP contribution in [0.4, 0.5) is 0 Å². The Morgan fingerprint density at radius 1 is 0.974 bits per heavy atom. The van der Waals surface area contributed by atoms with Gasteiger partial charge in [-0.25, -0.2) is 0 Å². The molecule has 198 valence electrons. The summed E-state index contributed by atoms with van der Waals surface area (Å²) in [6.07, 6.45) is 0.688. The molecule has 0 aromatic heterocycles. The standard InChI is InChI=1S/C31H34N2O5/c1-21-8-5-9-22(18-21)20-38-25-14-12-23(13-15-25)29(34)27-28(24-10-6-11-26(19-24)37-4)33(31(36)30(27)35)17-7-16-32(2)3/h5-6,8-15,18-19,28,34H,7,16-17,20H2,1-4H3/b29-27+/t28-/m1/s1. The molecule has 3 aromatic rings. The first-order chi connectivity index (χ1) is 18.3. The largest absolute Gasteiger partial charge is 0.507 e. The van der Waals surface area contributed by atoms with Crippen molar-refractivity contribution in [2.24, 2.45) is 0 Å². The molecule has 7 heteroatoms. The van der Waals surface area contributed by atoms with Crippen molar-refractivity contribution >= 4 is 17.4 Å². The molecule has 0 bridgehead atoms. The van der Waals surface area contributed by atoms with Crippen LogP contribution in [0.2, 0.25) is 0 Å². The maximum absolute atomic E-state index is 13.2. The Morgan fingerprint density at radius 2 is 1.71 bits per heavy atom. The first-order valence-corrected chi connectivity index (χ1v) is 12.6. The molecule has 1 fully saturated rings. The van der Waals surface area contributed by atoms with Crippen LogP contribution in [-0.2, 0) is 16.2 Å². The molecule has 1 amide bonds. The zero-order valence-corrected chi connectivity index (χ0v) is 22.3. The third-order valence-electron chi connectivity index (χ3n) is 6.57. The molecule has 0 unspecified atom stereocenters. The second-order valence-corrected chi connectivity index (χ2v) is 9.73. The van der Waals surface area contributed by atoms with E-state index in [1.165, 1.54) is 0 Å². The van der Waals surface area contributed by atoms with E-state index in [0.717, 1.165) is 17.7 Å². The molecule has 1 N–H and O–H groups in total. The summed E-state index contributed by atoms with van der Waals surface area (Å²) in [7, 11) is 5.49. The lowest BCUT2D eigenvalue weighted by molar-refractivity contribution is -0.139. The predicted molar refractivity (Wildman–Crippen MR) is 147 cm³/mol. The highest BCUT2D eigenvalue weighted by Gasteiger charge is 2.45. The number of amides is 1. The number of benzene rings is 3. The minimum absolute atomic E-state index is 0.0709. The fraction of sp³-hybridized carbons (Fsp3) is 0.290. The second-order valence-electron chi connectivity index (χ2n) is 9.73. The second kappa shape index (κ2) is 12.0. The molecule has 4 rings (SSSR count). The summed E-state index contributed by atoms with van der Waals surface area (Å²) in [5, 5.41) is 11.3. The number of aliphatic hydroxyl groups excluding tert-OH is 1. The van der Waals surface area contributed by atoms with E-state index in [-0.39, 0.29) is 11.3 Å². The number of Topliss-reactive ketones (excluding diaryl/α,β-unsaturated/α-hetero) is 1. The average molecular weight is 515 g/mol. The molecule has 38 heavy (non-hydrogen) atoms. The van der Waals surface area contributed by atoms with Gasteiger partial charge in [-0.15, -0.1) is 0 Å². The van der Waals surface area contributed by atoms with Crippen LogP contribution in [0, 0.1) is 6.92 Å². The molecular formula is C31H34N2O5. The van der Waals surface area contributed by atoms with Crippen LogP contribution in [0.15, 0.2) is 78.4 Å². The lowest BCUT2D eigenvalue weighted by atomic mass is 9.95. The number of hydrogen-bond donors (Lipinski definition) is 1. The molecule has 1 aliphatic heterocycles. The molecule has 1 atom stereocenters. The lowest BCUT2D eigenvalue weighted by Crippen LogP contribution is -2.32. The summed E-state index contributed by atoms with van der Waals surface area (Å²) in [5.74, 6) is -0.277. The maximum atomic E-state index is 13.2. The van der Waals surface area contributed by atoms with E-state index in [4.69, 9.17) is 9.47 Å². The Bertz CT molecular complexity index is 1330. The number of aliphatic hydroxyl groups is 1. The molecule has 0 spiro atoms. The van der Waals surface area contributed by atoms with Gasteiger partial charge in [0, 0.05) is 12.1 Å². The zero-order valence-electron chi connectivity index (χ0n) is 22.3. The van der Waals surface area contributed by atoms with E-state index in [9.17, 15) is 14.7 Å². The first-order valence-electron chi connectivity index (χ1n) is 12.6. The number of nitrogens with zero attached hydrogens (tertiary/aromatic N) is 2. The number of carbonyl (C=O) groups is 2. The Labute approximate surface area is 223 Å². The number of ether oxygens (including phenoxy) is 2. The summed E-state index contributed by atoms with van der Waals surface area (Å²) >= 11 is 0. The van der Waals surface area contributed by atoms with E-state index in [0.29, 0.717) is 42.2 Å².